The van der Waals surface area contributed by atoms with Crippen LogP contribution >= 0.6 is 15.9 Å². The highest BCUT2D eigenvalue weighted by Gasteiger charge is 2.25. The minimum absolute atomic E-state index is 0.159. The molecule has 0 bridgehead atoms. The van der Waals surface area contributed by atoms with Crippen molar-refractivity contribution in [2.75, 3.05) is 32.2 Å². The van der Waals surface area contributed by atoms with Crippen LogP contribution in [0.3, 0.4) is 0 Å². The van der Waals surface area contributed by atoms with Gasteiger partial charge >= 0.3 is 0 Å². The Morgan fingerprint density at radius 1 is 1.45 bits per heavy atom. The third-order valence-corrected chi connectivity index (χ3v) is 4.26. The van der Waals surface area contributed by atoms with Crippen LogP contribution in [0.5, 0.6) is 5.75 Å². The van der Waals surface area contributed by atoms with Crippen LogP contribution in [0, 0.1) is 0 Å². The molecular weight excluding hydrogens is 322 g/mol. The number of ether oxygens (including phenoxy) is 2. The summed E-state index contributed by atoms with van der Waals surface area (Å²) < 4.78 is 10.5. The maximum absolute atomic E-state index is 12.3. The normalized spacial score (nSPS) is 18.9. The van der Waals surface area contributed by atoms with E-state index in [0.29, 0.717) is 26.2 Å². The molecule has 0 saturated carbocycles. The van der Waals surface area contributed by atoms with Gasteiger partial charge in [-0.15, -0.1) is 0 Å². The standard InChI is InChI=1S/C15H20BrNO3/c1-19-14-5-2-12(3-6-14)4-7-15(18)17-8-9-20-11-13(17)10-16/h2-3,5-6,13H,4,7-11H2,1H3. The van der Waals surface area contributed by atoms with E-state index in [1.807, 2.05) is 29.2 Å². The molecule has 1 aliphatic heterocycles. The lowest BCUT2D eigenvalue weighted by Gasteiger charge is -2.34. The second-order valence-corrected chi connectivity index (χ2v) is 5.47. The largest absolute Gasteiger partial charge is 0.497 e. The third kappa shape index (κ3) is 3.96. The number of benzene rings is 1. The van der Waals surface area contributed by atoms with Crippen molar-refractivity contribution in [3.8, 4) is 5.75 Å². The Hall–Kier alpha value is -1.07. The van der Waals surface area contributed by atoms with E-state index in [4.69, 9.17) is 9.47 Å². The zero-order chi connectivity index (χ0) is 14.4. The molecule has 0 aromatic heterocycles. The molecule has 20 heavy (non-hydrogen) atoms. The first kappa shape index (κ1) is 15.3. The van der Waals surface area contributed by atoms with Gasteiger partial charge in [-0.3, -0.25) is 4.79 Å². The van der Waals surface area contributed by atoms with Gasteiger partial charge in [0.2, 0.25) is 5.91 Å². The van der Waals surface area contributed by atoms with Crippen molar-refractivity contribution in [2.45, 2.75) is 18.9 Å². The SMILES string of the molecule is COc1ccc(CCC(=O)N2CCOCC2CBr)cc1. The van der Waals surface area contributed by atoms with Gasteiger partial charge < -0.3 is 14.4 Å². The average molecular weight is 342 g/mol. The molecule has 0 aliphatic carbocycles. The number of rotatable bonds is 5. The number of morpholine rings is 1. The van der Waals surface area contributed by atoms with Crippen LogP contribution in [0.15, 0.2) is 24.3 Å². The first-order chi connectivity index (χ1) is 9.74. The second-order valence-electron chi connectivity index (χ2n) is 4.82. The maximum Gasteiger partial charge on any atom is 0.223 e. The molecule has 1 aromatic carbocycles. The maximum atomic E-state index is 12.3. The first-order valence-electron chi connectivity index (χ1n) is 6.80. The summed E-state index contributed by atoms with van der Waals surface area (Å²) >= 11 is 3.44. The predicted molar refractivity (Wildman–Crippen MR) is 81.4 cm³/mol. The Morgan fingerprint density at radius 2 is 2.20 bits per heavy atom. The van der Waals surface area contributed by atoms with E-state index in [1.54, 1.807) is 7.11 Å². The van der Waals surface area contributed by atoms with Gasteiger partial charge in [-0.2, -0.15) is 0 Å². The Labute approximate surface area is 128 Å². The van der Waals surface area contributed by atoms with Crippen molar-refractivity contribution in [3.05, 3.63) is 29.8 Å². The van der Waals surface area contributed by atoms with Crippen molar-refractivity contribution >= 4 is 21.8 Å². The van der Waals surface area contributed by atoms with E-state index in [0.717, 1.165) is 23.1 Å². The number of alkyl halides is 1. The fraction of sp³-hybridized carbons (Fsp3) is 0.533. The molecule has 1 aliphatic rings. The Kier molecular flexibility index (Phi) is 5.86. The smallest absolute Gasteiger partial charge is 0.223 e. The number of hydrogen-bond donors (Lipinski definition) is 0. The highest BCUT2D eigenvalue weighted by molar-refractivity contribution is 9.09. The minimum Gasteiger partial charge on any atom is -0.497 e. The molecule has 1 aromatic rings. The number of hydrogen-bond acceptors (Lipinski definition) is 3. The van der Waals surface area contributed by atoms with Gasteiger partial charge in [-0.1, -0.05) is 28.1 Å². The quantitative estimate of drug-likeness (QED) is 0.771. The van der Waals surface area contributed by atoms with Crippen molar-refractivity contribution in [3.63, 3.8) is 0 Å². The number of amides is 1. The lowest BCUT2D eigenvalue weighted by atomic mass is 10.1. The lowest BCUT2D eigenvalue weighted by molar-refractivity contribution is -0.138. The van der Waals surface area contributed by atoms with Crippen LogP contribution in [0.1, 0.15) is 12.0 Å². The molecule has 0 radical (unpaired) electrons. The van der Waals surface area contributed by atoms with Crippen LogP contribution in [-0.4, -0.2) is 49.0 Å². The zero-order valence-electron chi connectivity index (χ0n) is 11.7. The Bertz CT molecular complexity index is 435. The van der Waals surface area contributed by atoms with E-state index >= 15 is 0 Å². The fourth-order valence-electron chi connectivity index (χ4n) is 2.30. The minimum atomic E-state index is 0.159. The molecule has 110 valence electrons. The van der Waals surface area contributed by atoms with E-state index in [2.05, 4.69) is 15.9 Å². The lowest BCUT2D eigenvalue weighted by Crippen LogP contribution is -2.49. The zero-order valence-corrected chi connectivity index (χ0v) is 13.3. The van der Waals surface area contributed by atoms with Crippen molar-refractivity contribution < 1.29 is 14.3 Å². The summed E-state index contributed by atoms with van der Waals surface area (Å²) in [5.41, 5.74) is 1.16. The van der Waals surface area contributed by atoms with Gasteiger partial charge in [0, 0.05) is 18.3 Å². The summed E-state index contributed by atoms with van der Waals surface area (Å²) in [6.45, 7) is 1.95. The number of halogens is 1. The van der Waals surface area contributed by atoms with Gasteiger partial charge in [0.1, 0.15) is 5.75 Å². The number of carbonyl (C=O) groups excluding carboxylic acids is 1. The van der Waals surface area contributed by atoms with Crippen molar-refractivity contribution in [1.82, 2.24) is 4.90 Å². The van der Waals surface area contributed by atoms with Crippen LogP contribution in [0.2, 0.25) is 0 Å². The van der Waals surface area contributed by atoms with E-state index in [-0.39, 0.29) is 11.9 Å². The Morgan fingerprint density at radius 3 is 2.85 bits per heavy atom. The fourth-order valence-corrected chi connectivity index (χ4v) is 2.83. The average Bonchev–Trinajstić information content (AvgIpc) is 2.53. The van der Waals surface area contributed by atoms with Crippen LogP contribution in [0.4, 0.5) is 0 Å². The Balaban J connectivity index is 1.87. The molecule has 1 amide bonds. The highest BCUT2D eigenvalue weighted by atomic mass is 79.9. The predicted octanol–water partition coefficient (Wildman–Crippen LogP) is 2.25. The number of carbonyl (C=O) groups is 1. The summed E-state index contributed by atoms with van der Waals surface area (Å²) in [5, 5.41) is 0.765. The molecule has 5 heteroatoms. The molecule has 0 spiro atoms. The summed E-state index contributed by atoms with van der Waals surface area (Å²) in [5.74, 6) is 1.04. The monoisotopic (exact) mass is 341 g/mol. The second kappa shape index (κ2) is 7.64. The molecule has 0 N–H and O–H groups in total. The summed E-state index contributed by atoms with van der Waals surface area (Å²) in [6, 6.07) is 8.03. The molecule has 4 nitrogen and oxygen atoms in total. The molecular formula is C15H20BrNO3. The topological polar surface area (TPSA) is 38.8 Å². The molecule has 2 rings (SSSR count). The summed E-state index contributed by atoms with van der Waals surface area (Å²) in [4.78, 5) is 14.2. The highest BCUT2D eigenvalue weighted by Crippen LogP contribution is 2.15. The summed E-state index contributed by atoms with van der Waals surface area (Å²) in [6.07, 6.45) is 1.30. The molecule has 1 heterocycles. The third-order valence-electron chi connectivity index (χ3n) is 3.51. The molecule has 1 saturated heterocycles. The van der Waals surface area contributed by atoms with E-state index < -0.39 is 0 Å². The van der Waals surface area contributed by atoms with E-state index in [1.165, 1.54) is 0 Å². The van der Waals surface area contributed by atoms with Gasteiger partial charge in [0.25, 0.3) is 0 Å². The van der Waals surface area contributed by atoms with Gasteiger partial charge in [0.15, 0.2) is 0 Å². The van der Waals surface area contributed by atoms with Gasteiger partial charge in [0.05, 0.1) is 26.4 Å². The van der Waals surface area contributed by atoms with Crippen molar-refractivity contribution in [1.29, 1.82) is 0 Å². The van der Waals surface area contributed by atoms with Crippen molar-refractivity contribution in [2.24, 2.45) is 0 Å². The molecule has 1 unspecified atom stereocenters. The van der Waals surface area contributed by atoms with E-state index in [9.17, 15) is 4.79 Å². The summed E-state index contributed by atoms with van der Waals surface area (Å²) in [7, 11) is 1.65. The van der Waals surface area contributed by atoms with Crippen LogP contribution < -0.4 is 4.74 Å². The number of nitrogens with zero attached hydrogens (tertiary/aromatic N) is 1. The van der Waals surface area contributed by atoms with Gasteiger partial charge in [-0.25, -0.2) is 0 Å². The first-order valence-corrected chi connectivity index (χ1v) is 7.93. The molecule has 1 atom stereocenters. The number of aryl methyl sites for hydroxylation is 1. The van der Waals surface area contributed by atoms with Crippen LogP contribution in [-0.2, 0) is 16.0 Å². The van der Waals surface area contributed by atoms with Crippen LogP contribution in [0.25, 0.3) is 0 Å². The van der Waals surface area contributed by atoms with Gasteiger partial charge in [-0.05, 0) is 24.1 Å². The molecule has 1 fully saturated rings. The number of methoxy groups -OCH3 is 1.